The van der Waals surface area contributed by atoms with E-state index in [1.165, 1.54) is 49.7 Å². The third-order valence-corrected chi connectivity index (χ3v) is 6.17. The summed E-state index contributed by atoms with van der Waals surface area (Å²) in [6.07, 6.45) is 2.67. The Kier molecular flexibility index (Phi) is 5.14. The minimum atomic E-state index is 0.773. The lowest BCUT2D eigenvalue weighted by Crippen LogP contribution is -2.44. The number of rotatable bonds is 3. The highest BCUT2D eigenvalue weighted by atomic mass is 32.2. The van der Waals surface area contributed by atoms with E-state index >= 15 is 0 Å². The first-order chi connectivity index (χ1) is 7.38. The number of piperidine rings is 1. The quantitative estimate of drug-likeness (QED) is 0.812. The van der Waals surface area contributed by atoms with E-state index in [4.69, 9.17) is 0 Å². The molecular formula is C11H22N2S2. The Balaban J connectivity index is 1.67. The first-order valence-corrected chi connectivity index (χ1v) is 8.18. The Labute approximate surface area is 102 Å². The monoisotopic (exact) mass is 246 g/mol. The van der Waals surface area contributed by atoms with Gasteiger partial charge in [0.1, 0.15) is 0 Å². The molecule has 0 saturated carbocycles. The molecule has 0 spiro atoms. The molecule has 0 amide bonds. The molecule has 2 fully saturated rings. The van der Waals surface area contributed by atoms with E-state index < -0.39 is 0 Å². The van der Waals surface area contributed by atoms with Crippen molar-refractivity contribution in [3.8, 4) is 0 Å². The third kappa shape index (κ3) is 3.84. The summed E-state index contributed by atoms with van der Waals surface area (Å²) in [5.74, 6) is 4.10. The average Bonchev–Trinajstić information content (AvgIpc) is 2.31. The van der Waals surface area contributed by atoms with Crippen molar-refractivity contribution in [1.82, 2.24) is 10.2 Å². The number of nitrogens with one attached hydrogen (secondary N) is 1. The van der Waals surface area contributed by atoms with Gasteiger partial charge in [0.05, 0.1) is 0 Å². The van der Waals surface area contributed by atoms with E-state index in [9.17, 15) is 0 Å². The number of hydrogen-bond acceptors (Lipinski definition) is 4. The van der Waals surface area contributed by atoms with Crippen molar-refractivity contribution in [2.24, 2.45) is 0 Å². The van der Waals surface area contributed by atoms with E-state index in [1.54, 1.807) is 0 Å². The van der Waals surface area contributed by atoms with Crippen molar-refractivity contribution in [3.05, 3.63) is 0 Å². The highest BCUT2D eigenvalue weighted by Gasteiger charge is 2.22. The Bertz CT molecular complexity index is 175. The summed E-state index contributed by atoms with van der Waals surface area (Å²) in [6, 6.07) is 0.773. The topological polar surface area (TPSA) is 15.3 Å². The Morgan fingerprint density at radius 1 is 1.27 bits per heavy atom. The van der Waals surface area contributed by atoms with Gasteiger partial charge in [-0.2, -0.15) is 23.5 Å². The maximum Gasteiger partial charge on any atom is 0.0265 e. The van der Waals surface area contributed by atoms with Crippen molar-refractivity contribution >= 4 is 23.5 Å². The summed E-state index contributed by atoms with van der Waals surface area (Å²) >= 11 is 4.32. The zero-order chi connectivity index (χ0) is 10.5. The van der Waals surface area contributed by atoms with Gasteiger partial charge in [0.25, 0.3) is 0 Å². The second kappa shape index (κ2) is 6.38. The third-order valence-electron chi connectivity index (χ3n) is 3.34. The predicted octanol–water partition coefficient (Wildman–Crippen LogP) is 1.52. The van der Waals surface area contributed by atoms with Crippen LogP contribution in [0, 0.1) is 0 Å². The molecule has 2 heterocycles. The molecule has 2 rings (SSSR count). The normalized spacial score (nSPS) is 30.6. The van der Waals surface area contributed by atoms with E-state index in [0.29, 0.717) is 0 Å². The molecule has 0 aromatic carbocycles. The molecule has 4 heteroatoms. The highest BCUT2D eigenvalue weighted by Crippen LogP contribution is 2.25. The maximum absolute atomic E-state index is 3.39. The Morgan fingerprint density at radius 2 is 2.07 bits per heavy atom. The molecule has 1 atom stereocenters. The summed E-state index contributed by atoms with van der Waals surface area (Å²) < 4.78 is 0. The standard InChI is InChI=1S/C11H22N2S2/c1-12-10-2-4-13(5-3-10)8-11-9-14-6-7-15-11/h10-12H,2-9H2,1H3. The van der Waals surface area contributed by atoms with Crippen LogP contribution >= 0.6 is 23.5 Å². The lowest BCUT2D eigenvalue weighted by molar-refractivity contribution is 0.204. The van der Waals surface area contributed by atoms with Crippen LogP contribution in [0.3, 0.4) is 0 Å². The van der Waals surface area contributed by atoms with Gasteiger partial charge in [0.15, 0.2) is 0 Å². The van der Waals surface area contributed by atoms with Gasteiger partial charge < -0.3 is 10.2 Å². The first kappa shape index (κ1) is 12.1. The van der Waals surface area contributed by atoms with Gasteiger partial charge in [-0.25, -0.2) is 0 Å². The van der Waals surface area contributed by atoms with E-state index in [0.717, 1.165) is 11.3 Å². The number of likely N-dealkylation sites (tertiary alicyclic amines) is 1. The molecule has 0 aromatic rings. The smallest absolute Gasteiger partial charge is 0.0265 e. The summed E-state index contributed by atoms with van der Waals surface area (Å²) in [5.41, 5.74) is 0. The summed E-state index contributed by atoms with van der Waals surface area (Å²) in [6.45, 7) is 3.93. The zero-order valence-corrected chi connectivity index (χ0v) is 11.2. The summed E-state index contributed by atoms with van der Waals surface area (Å²) in [5, 5.41) is 4.29. The van der Waals surface area contributed by atoms with E-state index in [2.05, 4.69) is 40.8 Å². The van der Waals surface area contributed by atoms with Crippen molar-refractivity contribution < 1.29 is 0 Å². The molecule has 2 aliphatic heterocycles. The molecular weight excluding hydrogens is 224 g/mol. The van der Waals surface area contributed by atoms with Gasteiger partial charge in [0.2, 0.25) is 0 Å². The molecule has 1 N–H and O–H groups in total. The lowest BCUT2D eigenvalue weighted by Gasteiger charge is -2.34. The van der Waals surface area contributed by atoms with Gasteiger partial charge in [-0.05, 0) is 33.0 Å². The minimum Gasteiger partial charge on any atom is -0.317 e. The summed E-state index contributed by atoms with van der Waals surface area (Å²) in [4.78, 5) is 2.66. The molecule has 2 saturated heterocycles. The van der Waals surface area contributed by atoms with Crippen LogP contribution in [0.4, 0.5) is 0 Å². The van der Waals surface area contributed by atoms with Gasteiger partial charge in [0, 0.05) is 35.1 Å². The van der Waals surface area contributed by atoms with Crippen molar-refractivity contribution in [1.29, 1.82) is 0 Å². The fourth-order valence-electron chi connectivity index (χ4n) is 2.33. The SMILES string of the molecule is CNC1CCN(CC2CSCCS2)CC1. The van der Waals surface area contributed by atoms with Crippen molar-refractivity contribution in [3.63, 3.8) is 0 Å². The number of thioether (sulfide) groups is 2. The van der Waals surface area contributed by atoms with Crippen LogP contribution in [0.15, 0.2) is 0 Å². The van der Waals surface area contributed by atoms with Gasteiger partial charge >= 0.3 is 0 Å². The molecule has 1 unspecified atom stereocenters. The van der Waals surface area contributed by atoms with E-state index in [-0.39, 0.29) is 0 Å². The second-order valence-corrected chi connectivity index (χ2v) is 6.99. The van der Waals surface area contributed by atoms with Crippen LogP contribution in [-0.4, -0.2) is 60.1 Å². The fraction of sp³-hybridized carbons (Fsp3) is 1.00. The van der Waals surface area contributed by atoms with Crippen LogP contribution in [0.5, 0.6) is 0 Å². The van der Waals surface area contributed by atoms with Crippen LogP contribution in [0.2, 0.25) is 0 Å². The molecule has 0 aromatic heterocycles. The molecule has 0 aliphatic carbocycles. The Morgan fingerprint density at radius 3 is 2.67 bits per heavy atom. The van der Waals surface area contributed by atoms with Crippen LogP contribution in [-0.2, 0) is 0 Å². The fourth-order valence-corrected chi connectivity index (χ4v) is 5.05. The molecule has 0 radical (unpaired) electrons. The van der Waals surface area contributed by atoms with E-state index in [1.807, 2.05) is 0 Å². The minimum absolute atomic E-state index is 0.773. The van der Waals surface area contributed by atoms with Gasteiger partial charge in [-0.15, -0.1) is 0 Å². The molecule has 88 valence electrons. The zero-order valence-electron chi connectivity index (χ0n) is 9.58. The van der Waals surface area contributed by atoms with Crippen LogP contribution in [0.1, 0.15) is 12.8 Å². The predicted molar refractivity (Wildman–Crippen MR) is 72.1 cm³/mol. The van der Waals surface area contributed by atoms with Crippen molar-refractivity contribution in [2.75, 3.05) is 43.9 Å². The van der Waals surface area contributed by atoms with Crippen LogP contribution in [0.25, 0.3) is 0 Å². The molecule has 2 nitrogen and oxygen atoms in total. The maximum atomic E-state index is 3.39. The molecule has 2 aliphatic rings. The number of hydrogen-bond donors (Lipinski definition) is 1. The second-order valence-electron chi connectivity index (χ2n) is 4.43. The largest absolute Gasteiger partial charge is 0.317 e. The van der Waals surface area contributed by atoms with Gasteiger partial charge in [-0.3, -0.25) is 0 Å². The first-order valence-electron chi connectivity index (χ1n) is 5.97. The molecule has 15 heavy (non-hydrogen) atoms. The lowest BCUT2D eigenvalue weighted by atomic mass is 10.1. The molecule has 0 bridgehead atoms. The Hall–Kier alpha value is 0.620. The van der Waals surface area contributed by atoms with Gasteiger partial charge in [-0.1, -0.05) is 0 Å². The summed E-state index contributed by atoms with van der Waals surface area (Å²) in [7, 11) is 2.09. The highest BCUT2D eigenvalue weighted by molar-refractivity contribution is 8.06. The average molecular weight is 246 g/mol. The van der Waals surface area contributed by atoms with Crippen molar-refractivity contribution in [2.45, 2.75) is 24.1 Å². The number of nitrogens with zero attached hydrogens (tertiary/aromatic N) is 1. The van der Waals surface area contributed by atoms with Crippen LogP contribution < -0.4 is 5.32 Å².